The number of carbonyl (C=O) groups is 3. The number of unbranched alkanes of at least 4 members (excludes halogenated alkanes) is 8. The highest BCUT2D eigenvalue weighted by molar-refractivity contribution is 5.77. The number of likely N-dealkylation sites (tertiary alicyclic amines) is 1. The number of carbonyl (C=O) groups excluding carboxylic acids is 3. The topological polar surface area (TPSA) is 82.1 Å². The highest BCUT2D eigenvalue weighted by atomic mass is 16.6. The van der Waals surface area contributed by atoms with E-state index in [9.17, 15) is 14.4 Å². The lowest BCUT2D eigenvalue weighted by molar-refractivity contribution is -0.151. The third-order valence-corrected chi connectivity index (χ3v) is 7.50. The van der Waals surface area contributed by atoms with Gasteiger partial charge in [0.25, 0.3) is 0 Å². The van der Waals surface area contributed by atoms with Gasteiger partial charge in [0.1, 0.15) is 5.60 Å². The average Bonchev–Trinajstić information content (AvgIpc) is 2.89. The summed E-state index contributed by atoms with van der Waals surface area (Å²) in [7, 11) is 0. The minimum Gasteiger partial charge on any atom is -0.466 e. The molecule has 0 bridgehead atoms. The predicted molar refractivity (Wildman–Crippen MR) is 157 cm³/mol. The van der Waals surface area contributed by atoms with Gasteiger partial charge in [0.05, 0.1) is 26.1 Å². The fraction of sp³-hybridized carbons (Fsp3) is 0.906. The summed E-state index contributed by atoms with van der Waals surface area (Å²) in [4.78, 5) is 38.4. The molecule has 0 spiro atoms. The lowest BCUT2D eigenvalue weighted by Gasteiger charge is -2.33. The highest BCUT2D eigenvalue weighted by Gasteiger charge is 2.27. The van der Waals surface area contributed by atoms with E-state index in [1.165, 1.54) is 64.2 Å². The first-order valence-corrected chi connectivity index (χ1v) is 15.9. The summed E-state index contributed by atoms with van der Waals surface area (Å²) in [6.45, 7) is 12.2. The molecule has 1 saturated heterocycles. The highest BCUT2D eigenvalue weighted by Crippen LogP contribution is 2.23. The predicted octanol–water partition coefficient (Wildman–Crippen LogP) is 8.23. The summed E-state index contributed by atoms with van der Waals surface area (Å²) < 4.78 is 16.4. The Bertz CT molecular complexity index is 666. The van der Waals surface area contributed by atoms with Crippen molar-refractivity contribution in [1.82, 2.24) is 4.90 Å². The first kappa shape index (κ1) is 35.2. The molecule has 0 aromatic carbocycles. The molecular weight excluding hydrogens is 494 g/mol. The lowest BCUT2D eigenvalue weighted by Crippen LogP contribution is -2.41. The van der Waals surface area contributed by atoms with Gasteiger partial charge in [0.15, 0.2) is 0 Å². The molecular formula is C32H59NO6. The van der Waals surface area contributed by atoms with Crippen LogP contribution in [-0.4, -0.2) is 54.8 Å². The van der Waals surface area contributed by atoms with E-state index in [4.69, 9.17) is 14.2 Å². The molecule has 0 aliphatic carbocycles. The Morgan fingerprint density at radius 2 is 1.28 bits per heavy atom. The summed E-state index contributed by atoms with van der Waals surface area (Å²) in [5.74, 6) is 0.192. The van der Waals surface area contributed by atoms with Gasteiger partial charge in [-0.15, -0.1) is 0 Å². The fourth-order valence-electron chi connectivity index (χ4n) is 5.01. The minimum absolute atomic E-state index is 0.0640. The molecule has 0 N–H and O–H groups in total. The van der Waals surface area contributed by atoms with Crippen LogP contribution in [0.3, 0.4) is 0 Å². The van der Waals surface area contributed by atoms with Crippen LogP contribution in [0.15, 0.2) is 0 Å². The van der Waals surface area contributed by atoms with E-state index in [0.29, 0.717) is 38.1 Å². The van der Waals surface area contributed by atoms with E-state index in [-0.39, 0.29) is 30.9 Å². The molecule has 1 unspecified atom stereocenters. The molecule has 0 saturated carbocycles. The first-order chi connectivity index (χ1) is 18.6. The molecule has 39 heavy (non-hydrogen) atoms. The normalized spacial score (nSPS) is 15.2. The molecule has 1 aliphatic rings. The third-order valence-electron chi connectivity index (χ3n) is 7.50. The molecule has 228 valence electrons. The van der Waals surface area contributed by atoms with Crippen molar-refractivity contribution in [2.75, 3.05) is 26.3 Å². The number of nitrogens with zero attached hydrogens (tertiary/aromatic N) is 1. The number of hydrogen-bond donors (Lipinski definition) is 0. The number of piperidine rings is 1. The third kappa shape index (κ3) is 19.0. The second-order valence-electron chi connectivity index (χ2n) is 12.4. The van der Waals surface area contributed by atoms with Crippen LogP contribution in [0.2, 0.25) is 0 Å². The van der Waals surface area contributed by atoms with E-state index >= 15 is 0 Å². The Labute approximate surface area is 239 Å². The molecule has 7 nitrogen and oxygen atoms in total. The van der Waals surface area contributed by atoms with Crippen LogP contribution in [-0.2, 0) is 23.8 Å². The summed E-state index contributed by atoms with van der Waals surface area (Å²) in [6.07, 6.45) is 17.2. The van der Waals surface area contributed by atoms with Crippen molar-refractivity contribution in [2.24, 2.45) is 11.8 Å². The van der Waals surface area contributed by atoms with Crippen LogP contribution in [0.5, 0.6) is 0 Å². The van der Waals surface area contributed by atoms with Crippen LogP contribution in [0, 0.1) is 11.8 Å². The second kappa shape index (κ2) is 21.0. The van der Waals surface area contributed by atoms with Gasteiger partial charge >= 0.3 is 18.0 Å². The van der Waals surface area contributed by atoms with Gasteiger partial charge in [0, 0.05) is 13.1 Å². The number of esters is 2. The van der Waals surface area contributed by atoms with Crippen molar-refractivity contribution in [3.63, 3.8) is 0 Å². The standard InChI is InChI=1S/C32H59NO6/c1-6-8-10-12-13-15-17-28(16-14-11-9-7-2)26-38-30(35)19-18-29(34)37-25-22-27-20-23-33(24-21-27)31(36)39-32(3,4)5/h27-28H,6-26H2,1-5H3. The second-order valence-corrected chi connectivity index (χ2v) is 12.4. The van der Waals surface area contributed by atoms with Crippen LogP contribution in [0.4, 0.5) is 4.79 Å². The van der Waals surface area contributed by atoms with Crippen molar-refractivity contribution in [2.45, 2.75) is 149 Å². The Balaban J connectivity index is 2.20. The maximum atomic E-state index is 12.3. The molecule has 1 fully saturated rings. The van der Waals surface area contributed by atoms with Crippen molar-refractivity contribution >= 4 is 18.0 Å². The SMILES string of the molecule is CCCCCCCCC(CCCCCC)COC(=O)CCC(=O)OCCC1CCN(C(=O)OC(C)(C)C)CC1. The number of hydrogen-bond acceptors (Lipinski definition) is 6. The minimum atomic E-state index is -0.488. The number of ether oxygens (including phenoxy) is 3. The molecule has 7 heteroatoms. The van der Waals surface area contributed by atoms with Gasteiger partial charge in [-0.2, -0.15) is 0 Å². The lowest BCUT2D eigenvalue weighted by atomic mass is 9.94. The average molecular weight is 554 g/mol. The zero-order chi connectivity index (χ0) is 28.9. The van der Waals surface area contributed by atoms with Crippen molar-refractivity contribution in [1.29, 1.82) is 0 Å². The molecule has 1 atom stereocenters. The Hall–Kier alpha value is -1.79. The van der Waals surface area contributed by atoms with E-state index in [1.54, 1.807) is 4.90 Å². The number of amides is 1. The van der Waals surface area contributed by atoms with Gasteiger partial charge < -0.3 is 19.1 Å². The van der Waals surface area contributed by atoms with Gasteiger partial charge in [-0.25, -0.2) is 4.79 Å². The largest absolute Gasteiger partial charge is 0.466 e. The van der Waals surface area contributed by atoms with Crippen LogP contribution < -0.4 is 0 Å². The monoisotopic (exact) mass is 553 g/mol. The number of rotatable bonds is 20. The van der Waals surface area contributed by atoms with Crippen molar-refractivity contribution < 1.29 is 28.6 Å². The van der Waals surface area contributed by atoms with Crippen LogP contribution in [0.1, 0.15) is 144 Å². The maximum absolute atomic E-state index is 12.3. The smallest absolute Gasteiger partial charge is 0.410 e. The van der Waals surface area contributed by atoms with Gasteiger partial charge in [-0.3, -0.25) is 9.59 Å². The molecule has 1 rings (SSSR count). The van der Waals surface area contributed by atoms with Gasteiger partial charge in [-0.05, 0) is 64.7 Å². The van der Waals surface area contributed by atoms with Crippen LogP contribution >= 0.6 is 0 Å². The van der Waals surface area contributed by atoms with Crippen molar-refractivity contribution in [3.05, 3.63) is 0 Å². The Morgan fingerprint density at radius 3 is 1.85 bits per heavy atom. The molecule has 0 radical (unpaired) electrons. The zero-order valence-electron chi connectivity index (χ0n) is 25.9. The molecule has 1 aliphatic heterocycles. The summed E-state index contributed by atoms with van der Waals surface area (Å²) >= 11 is 0. The van der Waals surface area contributed by atoms with Gasteiger partial charge in [0.2, 0.25) is 0 Å². The van der Waals surface area contributed by atoms with Gasteiger partial charge in [-0.1, -0.05) is 78.1 Å². The van der Waals surface area contributed by atoms with E-state index in [1.807, 2.05) is 20.8 Å². The van der Waals surface area contributed by atoms with Crippen molar-refractivity contribution in [3.8, 4) is 0 Å². The van der Waals surface area contributed by atoms with E-state index in [2.05, 4.69) is 13.8 Å². The Morgan fingerprint density at radius 1 is 0.769 bits per heavy atom. The molecule has 1 amide bonds. The maximum Gasteiger partial charge on any atom is 0.410 e. The molecule has 0 aromatic heterocycles. The zero-order valence-corrected chi connectivity index (χ0v) is 25.9. The summed E-state index contributed by atoms with van der Waals surface area (Å²) in [5, 5.41) is 0. The summed E-state index contributed by atoms with van der Waals surface area (Å²) in [6, 6.07) is 0. The van der Waals surface area contributed by atoms with E-state index in [0.717, 1.165) is 32.1 Å². The Kier molecular flexibility index (Phi) is 19.0. The van der Waals surface area contributed by atoms with Crippen LogP contribution in [0.25, 0.3) is 0 Å². The summed E-state index contributed by atoms with van der Waals surface area (Å²) in [5.41, 5.74) is -0.488. The fourth-order valence-corrected chi connectivity index (χ4v) is 5.01. The first-order valence-electron chi connectivity index (χ1n) is 15.9. The van der Waals surface area contributed by atoms with E-state index < -0.39 is 5.60 Å². The molecule has 1 heterocycles. The molecule has 0 aromatic rings. The quantitative estimate of drug-likeness (QED) is 0.0858.